The third-order valence-electron chi connectivity index (χ3n) is 4.53. The summed E-state index contributed by atoms with van der Waals surface area (Å²) < 4.78 is 27.5. The van der Waals surface area contributed by atoms with Crippen LogP contribution in [-0.4, -0.2) is 29.6 Å². The van der Waals surface area contributed by atoms with E-state index in [0.29, 0.717) is 25.3 Å². The van der Waals surface area contributed by atoms with E-state index in [9.17, 15) is 18.7 Å². The Balaban J connectivity index is 2.04. The Kier molecular flexibility index (Phi) is 6.29. The van der Waals surface area contributed by atoms with Gasteiger partial charge in [-0.2, -0.15) is 0 Å². The van der Waals surface area contributed by atoms with Crippen LogP contribution in [0.2, 0.25) is 0 Å². The van der Waals surface area contributed by atoms with Gasteiger partial charge >= 0.3 is 0 Å². The Morgan fingerprint density at radius 1 is 1.21 bits per heavy atom. The molecule has 0 spiro atoms. The van der Waals surface area contributed by atoms with E-state index in [-0.39, 0.29) is 18.0 Å². The monoisotopic (exact) mass is 340 g/mol. The van der Waals surface area contributed by atoms with Crippen LogP contribution >= 0.6 is 0 Å². The molecule has 24 heavy (non-hydrogen) atoms. The molecule has 1 unspecified atom stereocenters. The van der Waals surface area contributed by atoms with E-state index in [0.717, 1.165) is 25.0 Å². The Morgan fingerprint density at radius 3 is 2.33 bits per heavy atom. The number of aliphatic hydroxyl groups is 1. The first-order chi connectivity index (χ1) is 11.4. The molecule has 3 N–H and O–H groups in total. The quantitative estimate of drug-likeness (QED) is 0.715. The average Bonchev–Trinajstić information content (AvgIpc) is 3.00. The Bertz CT molecular complexity index is 552. The van der Waals surface area contributed by atoms with Crippen molar-refractivity contribution in [1.82, 2.24) is 10.6 Å². The van der Waals surface area contributed by atoms with Crippen LogP contribution in [0.15, 0.2) is 18.2 Å². The van der Waals surface area contributed by atoms with Gasteiger partial charge in [-0.1, -0.05) is 32.8 Å². The second-order valence-corrected chi connectivity index (χ2v) is 6.93. The molecule has 1 amide bonds. The summed E-state index contributed by atoms with van der Waals surface area (Å²) >= 11 is 0. The minimum Gasteiger partial charge on any atom is -0.387 e. The summed E-state index contributed by atoms with van der Waals surface area (Å²) in [6.07, 6.45) is 1.78. The zero-order chi connectivity index (χ0) is 17.7. The molecule has 0 aliphatic heterocycles. The Morgan fingerprint density at radius 2 is 1.79 bits per heavy atom. The largest absolute Gasteiger partial charge is 0.387 e. The van der Waals surface area contributed by atoms with E-state index >= 15 is 0 Å². The van der Waals surface area contributed by atoms with Crippen molar-refractivity contribution in [3.63, 3.8) is 0 Å². The number of rotatable bonds is 7. The SMILES string of the molecule is CC(C)CNC(=O)C1(NCC(O)c2c(F)cccc2F)CCCC1. The third kappa shape index (κ3) is 4.30. The zero-order valence-electron chi connectivity index (χ0n) is 14.2. The van der Waals surface area contributed by atoms with Crippen LogP contribution in [0, 0.1) is 17.6 Å². The van der Waals surface area contributed by atoms with Gasteiger partial charge in [0.25, 0.3) is 0 Å². The summed E-state index contributed by atoms with van der Waals surface area (Å²) in [5.74, 6) is -1.33. The van der Waals surface area contributed by atoms with E-state index in [4.69, 9.17) is 0 Å². The molecular weight excluding hydrogens is 314 g/mol. The lowest BCUT2D eigenvalue weighted by molar-refractivity contribution is -0.127. The molecule has 1 aromatic carbocycles. The number of β-amino-alcohol motifs (C(OH)–C–C–N with tert-alkyl or cyclic N) is 1. The number of carbonyl (C=O) groups excluding carboxylic acids is 1. The molecule has 1 aliphatic rings. The van der Waals surface area contributed by atoms with E-state index in [1.54, 1.807) is 0 Å². The molecule has 1 aromatic rings. The van der Waals surface area contributed by atoms with Crippen molar-refractivity contribution < 1.29 is 18.7 Å². The van der Waals surface area contributed by atoms with Crippen LogP contribution in [0.25, 0.3) is 0 Å². The summed E-state index contributed by atoms with van der Waals surface area (Å²) in [4.78, 5) is 12.6. The number of halogens is 2. The summed E-state index contributed by atoms with van der Waals surface area (Å²) in [6.45, 7) is 4.53. The first kappa shape index (κ1) is 18.8. The Hall–Kier alpha value is -1.53. The first-order valence-electron chi connectivity index (χ1n) is 8.51. The molecule has 0 bridgehead atoms. The van der Waals surface area contributed by atoms with Gasteiger partial charge < -0.3 is 15.7 Å². The number of benzene rings is 1. The van der Waals surface area contributed by atoms with Crippen molar-refractivity contribution in [2.75, 3.05) is 13.1 Å². The van der Waals surface area contributed by atoms with Crippen LogP contribution in [0.3, 0.4) is 0 Å². The molecule has 0 radical (unpaired) electrons. The highest BCUT2D eigenvalue weighted by molar-refractivity contribution is 5.86. The van der Waals surface area contributed by atoms with Gasteiger partial charge in [0.2, 0.25) is 5.91 Å². The number of aliphatic hydroxyl groups excluding tert-OH is 1. The van der Waals surface area contributed by atoms with E-state index < -0.39 is 23.3 Å². The molecule has 0 heterocycles. The third-order valence-corrected chi connectivity index (χ3v) is 4.53. The minimum absolute atomic E-state index is 0.0764. The highest BCUT2D eigenvalue weighted by Gasteiger charge is 2.41. The number of hydrogen-bond donors (Lipinski definition) is 3. The second kappa shape index (κ2) is 8.03. The normalized spacial score (nSPS) is 17.9. The van der Waals surface area contributed by atoms with Gasteiger partial charge in [0.1, 0.15) is 11.6 Å². The molecule has 0 aromatic heterocycles. The summed E-state index contributed by atoms with van der Waals surface area (Å²) in [5.41, 5.74) is -1.13. The predicted octanol–water partition coefficient (Wildman–Crippen LogP) is 2.67. The topological polar surface area (TPSA) is 61.4 Å². The van der Waals surface area contributed by atoms with Crippen molar-refractivity contribution in [1.29, 1.82) is 0 Å². The standard InChI is InChI=1S/C18H26F2N2O2/c1-12(2)10-21-17(24)18(8-3-4-9-18)22-11-15(23)16-13(19)6-5-7-14(16)20/h5-7,12,15,22-23H,3-4,8-11H2,1-2H3,(H,21,24). The Labute approximate surface area is 141 Å². The fraction of sp³-hybridized carbons (Fsp3) is 0.611. The lowest BCUT2D eigenvalue weighted by Crippen LogP contribution is -2.56. The molecular formula is C18H26F2N2O2. The molecule has 1 fully saturated rings. The number of nitrogens with one attached hydrogen (secondary N) is 2. The molecule has 2 rings (SSSR count). The van der Waals surface area contributed by atoms with Crippen molar-refractivity contribution in [2.24, 2.45) is 5.92 Å². The number of hydrogen-bond acceptors (Lipinski definition) is 3. The summed E-state index contributed by atoms with van der Waals surface area (Å²) in [7, 11) is 0. The van der Waals surface area contributed by atoms with Crippen molar-refractivity contribution in [3.05, 3.63) is 35.4 Å². The van der Waals surface area contributed by atoms with Gasteiger partial charge in [-0.15, -0.1) is 0 Å². The van der Waals surface area contributed by atoms with Gasteiger partial charge in [0.05, 0.1) is 17.2 Å². The number of carbonyl (C=O) groups is 1. The molecule has 1 atom stereocenters. The van der Waals surface area contributed by atoms with Crippen LogP contribution in [0.4, 0.5) is 8.78 Å². The highest BCUT2D eigenvalue weighted by Crippen LogP contribution is 2.31. The van der Waals surface area contributed by atoms with Crippen LogP contribution in [-0.2, 0) is 4.79 Å². The van der Waals surface area contributed by atoms with E-state index in [1.165, 1.54) is 6.07 Å². The highest BCUT2D eigenvalue weighted by atomic mass is 19.1. The van der Waals surface area contributed by atoms with Gasteiger partial charge in [-0.25, -0.2) is 8.78 Å². The molecule has 134 valence electrons. The fourth-order valence-corrected chi connectivity index (χ4v) is 3.15. The minimum atomic E-state index is -1.35. The van der Waals surface area contributed by atoms with E-state index in [1.807, 2.05) is 13.8 Å². The van der Waals surface area contributed by atoms with Crippen LogP contribution < -0.4 is 10.6 Å². The van der Waals surface area contributed by atoms with Crippen LogP contribution in [0.5, 0.6) is 0 Å². The molecule has 6 heteroatoms. The second-order valence-electron chi connectivity index (χ2n) is 6.93. The van der Waals surface area contributed by atoms with E-state index in [2.05, 4.69) is 10.6 Å². The average molecular weight is 340 g/mol. The van der Waals surface area contributed by atoms with Crippen LogP contribution in [0.1, 0.15) is 51.2 Å². The van der Waals surface area contributed by atoms with Gasteiger partial charge in [-0.05, 0) is 30.9 Å². The smallest absolute Gasteiger partial charge is 0.240 e. The summed E-state index contributed by atoms with van der Waals surface area (Å²) in [6, 6.07) is 3.48. The number of amides is 1. The maximum absolute atomic E-state index is 13.8. The van der Waals surface area contributed by atoms with Crippen molar-refractivity contribution in [3.8, 4) is 0 Å². The van der Waals surface area contributed by atoms with Crippen molar-refractivity contribution >= 4 is 5.91 Å². The molecule has 0 saturated heterocycles. The van der Waals surface area contributed by atoms with Gasteiger partial charge in [0, 0.05) is 13.1 Å². The van der Waals surface area contributed by atoms with Gasteiger partial charge in [-0.3, -0.25) is 4.79 Å². The fourth-order valence-electron chi connectivity index (χ4n) is 3.15. The lowest BCUT2D eigenvalue weighted by atomic mass is 9.95. The zero-order valence-corrected chi connectivity index (χ0v) is 14.2. The predicted molar refractivity (Wildman–Crippen MR) is 88.4 cm³/mol. The van der Waals surface area contributed by atoms with Crippen molar-refractivity contribution in [2.45, 2.75) is 51.2 Å². The summed E-state index contributed by atoms with van der Waals surface area (Å²) in [5, 5.41) is 16.2. The van der Waals surface area contributed by atoms with Gasteiger partial charge in [0.15, 0.2) is 0 Å². The molecule has 1 aliphatic carbocycles. The molecule has 4 nitrogen and oxygen atoms in total. The first-order valence-corrected chi connectivity index (χ1v) is 8.51. The maximum Gasteiger partial charge on any atom is 0.240 e. The molecule has 1 saturated carbocycles. The lowest BCUT2D eigenvalue weighted by Gasteiger charge is -2.30. The maximum atomic E-state index is 13.8.